The van der Waals surface area contributed by atoms with Crippen LogP contribution in [0.2, 0.25) is 0 Å². The number of benzene rings is 2. The van der Waals surface area contributed by atoms with Gasteiger partial charge < -0.3 is 14.8 Å². The van der Waals surface area contributed by atoms with Gasteiger partial charge in [-0.3, -0.25) is 19.2 Å². The van der Waals surface area contributed by atoms with Crippen LogP contribution in [0.15, 0.2) is 54.6 Å². The Morgan fingerprint density at radius 1 is 1.14 bits per heavy atom. The van der Waals surface area contributed by atoms with Gasteiger partial charge in [0.1, 0.15) is 22.8 Å². The van der Waals surface area contributed by atoms with E-state index >= 15 is 0 Å². The third kappa shape index (κ3) is 4.59. The fourth-order valence-corrected chi connectivity index (χ4v) is 4.00. The normalized spacial score (nSPS) is 17.0. The van der Waals surface area contributed by atoms with Gasteiger partial charge in [0, 0.05) is 18.3 Å². The summed E-state index contributed by atoms with van der Waals surface area (Å²) in [5.41, 5.74) is -0.0730. The third-order valence-electron chi connectivity index (χ3n) is 5.82. The molecule has 182 valence electrons. The van der Waals surface area contributed by atoms with Gasteiger partial charge >= 0.3 is 5.97 Å². The summed E-state index contributed by atoms with van der Waals surface area (Å²) in [6.07, 6.45) is 0. The van der Waals surface area contributed by atoms with Crippen LogP contribution in [0, 0.1) is 5.82 Å². The lowest BCUT2D eigenvalue weighted by Crippen LogP contribution is -2.64. The molecule has 2 amide bonds. The summed E-state index contributed by atoms with van der Waals surface area (Å²) in [5, 5.41) is 7.07. The van der Waals surface area contributed by atoms with Crippen LogP contribution < -0.4 is 15.0 Å². The maximum absolute atomic E-state index is 13.7. The number of ether oxygens (including phenoxy) is 2. The SMILES string of the molecule is CCOC(=O)c1cc2n(n1)C[C@@](C)(C(=O)NCc1ccc(F)cc1)N(c1ccc(OC)cc1)C2=O. The predicted octanol–water partition coefficient (Wildman–Crippen LogP) is 2.94. The Morgan fingerprint density at radius 3 is 2.46 bits per heavy atom. The van der Waals surface area contributed by atoms with E-state index < -0.39 is 23.3 Å². The minimum Gasteiger partial charge on any atom is -0.497 e. The molecular formula is C25H25FN4O5. The number of amides is 2. The monoisotopic (exact) mass is 480 g/mol. The van der Waals surface area contributed by atoms with Crippen LogP contribution in [0.4, 0.5) is 10.1 Å². The summed E-state index contributed by atoms with van der Waals surface area (Å²) < 4.78 is 24.8. The van der Waals surface area contributed by atoms with Crippen molar-refractivity contribution in [2.45, 2.75) is 32.5 Å². The first kappa shape index (κ1) is 23.9. The lowest BCUT2D eigenvalue weighted by molar-refractivity contribution is -0.126. The molecule has 0 saturated heterocycles. The Bertz CT molecular complexity index is 1260. The number of fused-ring (bicyclic) bond motifs is 1. The molecule has 0 saturated carbocycles. The van der Waals surface area contributed by atoms with Crippen LogP contribution >= 0.6 is 0 Å². The highest BCUT2D eigenvalue weighted by molar-refractivity contribution is 6.12. The molecule has 3 aromatic rings. The zero-order chi connectivity index (χ0) is 25.2. The van der Waals surface area contributed by atoms with Gasteiger partial charge in [0.2, 0.25) is 5.91 Å². The molecule has 1 aliphatic heterocycles. The molecule has 35 heavy (non-hydrogen) atoms. The van der Waals surface area contributed by atoms with Crippen molar-refractivity contribution in [3.8, 4) is 5.75 Å². The molecule has 0 aliphatic carbocycles. The quantitative estimate of drug-likeness (QED) is 0.522. The minimum atomic E-state index is -1.39. The van der Waals surface area contributed by atoms with Crippen LogP contribution in [-0.4, -0.2) is 46.8 Å². The summed E-state index contributed by atoms with van der Waals surface area (Å²) >= 11 is 0. The van der Waals surface area contributed by atoms with Gasteiger partial charge in [-0.15, -0.1) is 0 Å². The van der Waals surface area contributed by atoms with Crippen molar-refractivity contribution >= 4 is 23.5 Å². The second-order valence-electron chi connectivity index (χ2n) is 8.21. The fourth-order valence-electron chi connectivity index (χ4n) is 4.00. The molecule has 1 N–H and O–H groups in total. The van der Waals surface area contributed by atoms with E-state index in [9.17, 15) is 18.8 Å². The second kappa shape index (κ2) is 9.57. The van der Waals surface area contributed by atoms with Crippen molar-refractivity contribution in [2.75, 3.05) is 18.6 Å². The third-order valence-corrected chi connectivity index (χ3v) is 5.82. The predicted molar refractivity (Wildman–Crippen MR) is 125 cm³/mol. The van der Waals surface area contributed by atoms with Gasteiger partial charge in [0.05, 0.1) is 20.3 Å². The Hall–Kier alpha value is -4.21. The molecule has 2 aromatic carbocycles. The van der Waals surface area contributed by atoms with Crippen LogP contribution in [-0.2, 0) is 22.6 Å². The lowest BCUT2D eigenvalue weighted by Gasteiger charge is -2.43. The van der Waals surface area contributed by atoms with Crippen molar-refractivity contribution in [3.63, 3.8) is 0 Å². The number of carbonyl (C=O) groups is 3. The molecule has 0 fully saturated rings. The number of nitrogens with zero attached hydrogens (tertiary/aromatic N) is 3. The minimum absolute atomic E-state index is 0.00520. The molecule has 1 aromatic heterocycles. The number of halogens is 1. The van der Waals surface area contributed by atoms with E-state index in [4.69, 9.17) is 9.47 Å². The van der Waals surface area contributed by atoms with Crippen molar-refractivity contribution < 1.29 is 28.2 Å². The number of hydrogen-bond acceptors (Lipinski definition) is 6. The van der Waals surface area contributed by atoms with E-state index in [1.54, 1.807) is 50.2 Å². The molecule has 1 atom stereocenters. The Kier molecular flexibility index (Phi) is 6.54. The fraction of sp³-hybridized carbons (Fsp3) is 0.280. The molecule has 10 heteroatoms. The standard InChI is InChI=1S/C25H25FN4O5/c1-4-35-23(32)20-13-21-22(31)30(18-9-11-19(34-3)12-10-18)25(2,15-29(21)28-20)24(33)27-14-16-5-7-17(26)8-6-16/h5-13H,4,14-15H2,1-3H3,(H,27,33)/t25-/m0/s1. The highest BCUT2D eigenvalue weighted by atomic mass is 19.1. The highest BCUT2D eigenvalue weighted by Crippen LogP contribution is 2.34. The van der Waals surface area contributed by atoms with Gasteiger partial charge in [-0.25, -0.2) is 9.18 Å². The number of hydrogen-bond donors (Lipinski definition) is 1. The van der Waals surface area contributed by atoms with Gasteiger partial charge in [0.15, 0.2) is 5.69 Å². The molecule has 2 heterocycles. The molecule has 0 bridgehead atoms. The summed E-state index contributed by atoms with van der Waals surface area (Å²) in [6, 6.07) is 13.9. The molecule has 0 spiro atoms. The summed E-state index contributed by atoms with van der Waals surface area (Å²) in [5.74, 6) is -1.37. The van der Waals surface area contributed by atoms with Crippen LogP contribution in [0.3, 0.4) is 0 Å². The topological polar surface area (TPSA) is 103 Å². The van der Waals surface area contributed by atoms with Crippen molar-refractivity contribution in [3.05, 3.63) is 77.4 Å². The van der Waals surface area contributed by atoms with Crippen molar-refractivity contribution in [2.24, 2.45) is 0 Å². The Balaban J connectivity index is 1.71. The lowest BCUT2D eigenvalue weighted by atomic mass is 9.93. The first-order valence-corrected chi connectivity index (χ1v) is 11.0. The Labute approximate surface area is 201 Å². The van der Waals surface area contributed by atoms with Gasteiger partial charge in [-0.2, -0.15) is 5.10 Å². The largest absolute Gasteiger partial charge is 0.497 e. The number of aromatic nitrogens is 2. The van der Waals surface area contributed by atoms with E-state index in [2.05, 4.69) is 10.4 Å². The second-order valence-corrected chi connectivity index (χ2v) is 8.21. The molecular weight excluding hydrogens is 455 g/mol. The highest BCUT2D eigenvalue weighted by Gasteiger charge is 2.49. The first-order valence-electron chi connectivity index (χ1n) is 11.0. The number of carbonyl (C=O) groups excluding carboxylic acids is 3. The van der Waals surface area contributed by atoms with Crippen LogP contribution in [0.25, 0.3) is 0 Å². The van der Waals surface area contributed by atoms with E-state index in [0.29, 0.717) is 17.0 Å². The first-order chi connectivity index (χ1) is 16.8. The molecule has 1 aliphatic rings. The van der Waals surface area contributed by atoms with E-state index in [-0.39, 0.29) is 36.9 Å². The maximum Gasteiger partial charge on any atom is 0.358 e. The maximum atomic E-state index is 13.7. The molecule has 9 nitrogen and oxygen atoms in total. The van der Waals surface area contributed by atoms with Crippen LogP contribution in [0.1, 0.15) is 40.4 Å². The van der Waals surface area contributed by atoms with Crippen molar-refractivity contribution in [1.29, 1.82) is 0 Å². The summed E-state index contributed by atoms with van der Waals surface area (Å²) in [6.45, 7) is 3.60. The zero-order valence-corrected chi connectivity index (χ0v) is 19.6. The average Bonchev–Trinajstić information content (AvgIpc) is 3.28. The summed E-state index contributed by atoms with van der Waals surface area (Å²) in [7, 11) is 1.53. The van der Waals surface area contributed by atoms with E-state index in [1.807, 2.05) is 0 Å². The number of rotatable bonds is 7. The summed E-state index contributed by atoms with van der Waals surface area (Å²) in [4.78, 5) is 40.8. The van der Waals surface area contributed by atoms with Crippen LogP contribution in [0.5, 0.6) is 5.75 Å². The van der Waals surface area contributed by atoms with Gasteiger partial charge in [0.25, 0.3) is 5.91 Å². The average molecular weight is 480 g/mol. The number of methoxy groups -OCH3 is 1. The Morgan fingerprint density at radius 2 is 1.83 bits per heavy atom. The molecule has 4 rings (SSSR count). The number of nitrogens with one attached hydrogen (secondary N) is 1. The van der Waals surface area contributed by atoms with Crippen molar-refractivity contribution in [1.82, 2.24) is 15.1 Å². The van der Waals surface area contributed by atoms with Gasteiger partial charge in [-0.1, -0.05) is 12.1 Å². The zero-order valence-electron chi connectivity index (χ0n) is 19.6. The van der Waals surface area contributed by atoms with E-state index in [0.717, 1.165) is 0 Å². The number of anilines is 1. The van der Waals surface area contributed by atoms with E-state index in [1.165, 1.54) is 34.9 Å². The smallest absolute Gasteiger partial charge is 0.358 e. The molecule has 0 unspecified atom stereocenters. The molecule has 0 radical (unpaired) electrons. The number of esters is 1. The van der Waals surface area contributed by atoms with Gasteiger partial charge in [-0.05, 0) is 55.8 Å².